The largest absolute Gasteiger partial charge is 0.466 e. The molecule has 0 aliphatic heterocycles. The Morgan fingerprint density at radius 3 is 2.67 bits per heavy atom. The number of nitrogens with two attached hydrogens (primary N) is 1. The highest BCUT2D eigenvalue weighted by Crippen LogP contribution is 2.27. The molecular formula is C12H16ClFN2O4S. The molecule has 0 fully saturated rings. The molecule has 0 bridgehead atoms. The molecule has 0 spiro atoms. The second-order valence-electron chi connectivity index (χ2n) is 4.19. The Morgan fingerprint density at radius 1 is 1.48 bits per heavy atom. The number of carbonyl (C=O) groups excluding carboxylic acids is 1. The van der Waals surface area contributed by atoms with Crippen LogP contribution in [-0.2, 0) is 19.6 Å². The molecule has 0 heterocycles. The average Bonchev–Trinajstić information content (AvgIpc) is 2.40. The van der Waals surface area contributed by atoms with Gasteiger partial charge in [0.1, 0.15) is 4.90 Å². The van der Waals surface area contributed by atoms with Gasteiger partial charge >= 0.3 is 5.97 Å². The van der Waals surface area contributed by atoms with Crippen LogP contribution in [0, 0.1) is 5.82 Å². The fourth-order valence-electron chi connectivity index (χ4n) is 1.54. The van der Waals surface area contributed by atoms with Gasteiger partial charge in [0.05, 0.1) is 18.7 Å². The number of esters is 1. The standard InChI is InChI=1S/C12H16ClFN2O4S/c1-3-20-11(17)4-5-16(2)21(18,19)10-7-8(13)6-9(15)12(10)14/h6-7H,3-5,15H2,1-2H3. The van der Waals surface area contributed by atoms with Crippen molar-refractivity contribution in [1.82, 2.24) is 4.31 Å². The molecular weight excluding hydrogens is 323 g/mol. The summed E-state index contributed by atoms with van der Waals surface area (Å²) in [6.45, 7) is 1.70. The number of hydrogen-bond acceptors (Lipinski definition) is 5. The topological polar surface area (TPSA) is 89.7 Å². The summed E-state index contributed by atoms with van der Waals surface area (Å²) in [5.41, 5.74) is 5.00. The smallest absolute Gasteiger partial charge is 0.307 e. The van der Waals surface area contributed by atoms with Gasteiger partial charge < -0.3 is 10.5 Å². The highest BCUT2D eigenvalue weighted by atomic mass is 35.5. The lowest BCUT2D eigenvalue weighted by Gasteiger charge is -2.17. The van der Waals surface area contributed by atoms with Crippen LogP contribution in [0.1, 0.15) is 13.3 Å². The van der Waals surface area contributed by atoms with Gasteiger partial charge in [0.15, 0.2) is 5.82 Å². The number of rotatable bonds is 6. The summed E-state index contributed by atoms with van der Waals surface area (Å²) < 4.78 is 43.9. The summed E-state index contributed by atoms with van der Waals surface area (Å²) in [5.74, 6) is -1.60. The minimum Gasteiger partial charge on any atom is -0.466 e. The van der Waals surface area contributed by atoms with Crippen LogP contribution < -0.4 is 5.73 Å². The van der Waals surface area contributed by atoms with Gasteiger partial charge in [-0.25, -0.2) is 17.1 Å². The molecule has 0 saturated carbocycles. The lowest BCUT2D eigenvalue weighted by atomic mass is 10.3. The van der Waals surface area contributed by atoms with Gasteiger partial charge in [-0.05, 0) is 19.1 Å². The van der Waals surface area contributed by atoms with E-state index in [0.717, 1.165) is 16.4 Å². The van der Waals surface area contributed by atoms with Crippen LogP contribution >= 0.6 is 11.6 Å². The molecule has 1 aromatic carbocycles. The van der Waals surface area contributed by atoms with Crippen LogP contribution in [0.25, 0.3) is 0 Å². The highest BCUT2D eigenvalue weighted by Gasteiger charge is 2.26. The van der Waals surface area contributed by atoms with E-state index in [4.69, 9.17) is 22.1 Å². The third-order valence-electron chi connectivity index (χ3n) is 2.66. The highest BCUT2D eigenvalue weighted by molar-refractivity contribution is 7.89. The molecule has 118 valence electrons. The number of ether oxygens (including phenoxy) is 1. The molecule has 0 radical (unpaired) electrons. The molecule has 6 nitrogen and oxygen atoms in total. The van der Waals surface area contributed by atoms with E-state index in [0.29, 0.717) is 0 Å². The van der Waals surface area contributed by atoms with Gasteiger partial charge in [0, 0.05) is 18.6 Å². The Kier molecular flexibility index (Phi) is 5.94. The summed E-state index contributed by atoms with van der Waals surface area (Å²) >= 11 is 5.70. The Bertz CT molecular complexity index is 636. The van der Waals surface area contributed by atoms with Crippen molar-refractivity contribution in [3.8, 4) is 0 Å². The van der Waals surface area contributed by atoms with Crippen molar-refractivity contribution in [2.45, 2.75) is 18.2 Å². The van der Waals surface area contributed by atoms with E-state index in [1.807, 2.05) is 0 Å². The van der Waals surface area contributed by atoms with E-state index >= 15 is 0 Å². The molecule has 0 aliphatic rings. The molecule has 0 aliphatic carbocycles. The minimum atomic E-state index is -4.14. The van der Waals surface area contributed by atoms with Crippen LogP contribution in [0.2, 0.25) is 5.02 Å². The maximum Gasteiger partial charge on any atom is 0.307 e. The zero-order chi connectivity index (χ0) is 16.2. The van der Waals surface area contributed by atoms with Crippen LogP contribution in [0.5, 0.6) is 0 Å². The zero-order valence-corrected chi connectivity index (χ0v) is 13.2. The predicted octanol–water partition coefficient (Wildman–Crippen LogP) is 1.64. The van der Waals surface area contributed by atoms with Gasteiger partial charge in [0.25, 0.3) is 0 Å². The van der Waals surface area contributed by atoms with Crippen molar-refractivity contribution in [3.05, 3.63) is 23.0 Å². The second kappa shape index (κ2) is 7.06. The van der Waals surface area contributed by atoms with E-state index in [9.17, 15) is 17.6 Å². The van der Waals surface area contributed by atoms with Crippen LogP contribution in [0.15, 0.2) is 17.0 Å². The van der Waals surface area contributed by atoms with Crippen molar-refractivity contribution in [2.75, 3.05) is 25.9 Å². The van der Waals surface area contributed by atoms with E-state index in [2.05, 4.69) is 0 Å². The van der Waals surface area contributed by atoms with Gasteiger partial charge in [-0.3, -0.25) is 4.79 Å². The van der Waals surface area contributed by atoms with E-state index in [1.54, 1.807) is 6.92 Å². The SMILES string of the molecule is CCOC(=O)CCN(C)S(=O)(=O)c1cc(Cl)cc(N)c1F. The molecule has 1 rings (SSSR count). The van der Waals surface area contributed by atoms with Crippen molar-refractivity contribution in [1.29, 1.82) is 0 Å². The fraction of sp³-hybridized carbons (Fsp3) is 0.417. The lowest BCUT2D eigenvalue weighted by molar-refractivity contribution is -0.143. The normalized spacial score (nSPS) is 11.7. The number of benzene rings is 1. The Labute approximate surface area is 127 Å². The average molecular weight is 339 g/mol. The predicted molar refractivity (Wildman–Crippen MR) is 76.9 cm³/mol. The van der Waals surface area contributed by atoms with Gasteiger partial charge in [-0.2, -0.15) is 0 Å². The van der Waals surface area contributed by atoms with Crippen molar-refractivity contribution in [3.63, 3.8) is 0 Å². The summed E-state index contributed by atoms with van der Waals surface area (Å²) in [6, 6.07) is 2.10. The number of anilines is 1. The van der Waals surface area contributed by atoms with Gasteiger partial charge in [-0.1, -0.05) is 11.6 Å². The summed E-state index contributed by atoms with van der Waals surface area (Å²) in [5, 5.41) is 0.00580. The first-order chi connectivity index (χ1) is 9.70. The Hall–Kier alpha value is -1.38. The third kappa shape index (κ3) is 4.29. The Morgan fingerprint density at radius 2 is 2.10 bits per heavy atom. The molecule has 1 aromatic rings. The molecule has 0 saturated heterocycles. The molecule has 21 heavy (non-hydrogen) atoms. The monoisotopic (exact) mass is 338 g/mol. The van der Waals surface area contributed by atoms with E-state index in [-0.39, 0.29) is 30.3 Å². The fourth-order valence-corrected chi connectivity index (χ4v) is 3.12. The number of hydrogen-bond donors (Lipinski definition) is 1. The first-order valence-corrected chi connectivity index (χ1v) is 7.88. The molecule has 2 N–H and O–H groups in total. The number of sulfonamides is 1. The quantitative estimate of drug-likeness (QED) is 0.629. The lowest BCUT2D eigenvalue weighted by Crippen LogP contribution is -2.30. The molecule has 9 heteroatoms. The summed E-state index contributed by atoms with van der Waals surface area (Å²) in [7, 11) is -2.91. The number of carbonyl (C=O) groups is 1. The summed E-state index contributed by atoms with van der Waals surface area (Å²) in [6.07, 6.45) is -0.138. The zero-order valence-electron chi connectivity index (χ0n) is 11.6. The van der Waals surface area contributed by atoms with Gasteiger partial charge in [-0.15, -0.1) is 0 Å². The van der Waals surface area contributed by atoms with E-state index in [1.165, 1.54) is 7.05 Å². The first kappa shape index (κ1) is 17.7. The number of nitrogens with zero attached hydrogens (tertiary/aromatic N) is 1. The molecule has 0 unspecified atom stereocenters. The molecule has 0 amide bonds. The summed E-state index contributed by atoms with van der Waals surface area (Å²) in [4.78, 5) is 10.6. The maximum absolute atomic E-state index is 13.9. The van der Waals surface area contributed by atoms with Crippen molar-refractivity contribution < 1.29 is 22.3 Å². The minimum absolute atomic E-state index is 0.00580. The maximum atomic E-state index is 13.9. The first-order valence-electron chi connectivity index (χ1n) is 6.06. The van der Waals surface area contributed by atoms with Crippen molar-refractivity contribution >= 4 is 33.3 Å². The number of halogens is 2. The Balaban J connectivity index is 2.98. The third-order valence-corrected chi connectivity index (χ3v) is 4.73. The molecule has 0 atom stereocenters. The van der Waals surface area contributed by atoms with Crippen LogP contribution in [0.4, 0.5) is 10.1 Å². The van der Waals surface area contributed by atoms with Crippen LogP contribution in [-0.4, -0.2) is 38.9 Å². The van der Waals surface area contributed by atoms with Crippen LogP contribution in [0.3, 0.4) is 0 Å². The number of nitrogen functional groups attached to an aromatic ring is 1. The van der Waals surface area contributed by atoms with Gasteiger partial charge in [0.2, 0.25) is 10.0 Å². The van der Waals surface area contributed by atoms with Crippen molar-refractivity contribution in [2.24, 2.45) is 0 Å². The molecule has 0 aromatic heterocycles. The van der Waals surface area contributed by atoms with E-state index < -0.39 is 26.7 Å². The second-order valence-corrected chi connectivity index (χ2v) is 6.64.